The molecule has 0 spiro atoms. The van der Waals surface area contributed by atoms with Crippen LogP contribution in [0.15, 0.2) is 71.6 Å². The minimum Gasteiger partial charge on any atom is -0.487 e. The minimum atomic E-state index is -4.35. The molecule has 0 atom stereocenters. The largest absolute Gasteiger partial charge is 0.487 e. The molecule has 0 saturated heterocycles. The van der Waals surface area contributed by atoms with E-state index in [1.165, 1.54) is 24.0 Å². The molecule has 33 heavy (non-hydrogen) atoms. The summed E-state index contributed by atoms with van der Waals surface area (Å²) in [5, 5.41) is 2.04. The summed E-state index contributed by atoms with van der Waals surface area (Å²) in [7, 11) is 0. The molecule has 4 rings (SSSR count). The van der Waals surface area contributed by atoms with E-state index in [0.717, 1.165) is 37.3 Å². The Labute approximate surface area is 189 Å². The van der Waals surface area contributed by atoms with Crippen molar-refractivity contribution in [2.45, 2.75) is 25.6 Å². The minimum absolute atomic E-state index is 0.250. The molecule has 6 nitrogen and oxygen atoms in total. The zero-order valence-electron chi connectivity index (χ0n) is 17.8. The Morgan fingerprint density at radius 3 is 2.55 bits per heavy atom. The maximum atomic E-state index is 12.6. The summed E-state index contributed by atoms with van der Waals surface area (Å²) >= 11 is 0. The fourth-order valence-electron chi connectivity index (χ4n) is 3.25. The van der Waals surface area contributed by atoms with Gasteiger partial charge in [-0.2, -0.15) is 13.2 Å². The Morgan fingerprint density at radius 1 is 1.06 bits per heavy atom. The lowest BCUT2D eigenvalue weighted by Crippen LogP contribution is -2.87. The molecule has 0 radical (unpaired) electrons. The second kappa shape index (κ2) is 10.4. The third-order valence-corrected chi connectivity index (χ3v) is 5.00. The van der Waals surface area contributed by atoms with E-state index in [1.807, 2.05) is 35.0 Å². The molecule has 3 N–H and O–H groups in total. The number of hydrogen-bond acceptors (Lipinski definition) is 5. The first-order valence-electron chi connectivity index (χ1n) is 10.5. The van der Waals surface area contributed by atoms with Gasteiger partial charge in [-0.3, -0.25) is 5.01 Å². The van der Waals surface area contributed by atoms with Crippen molar-refractivity contribution in [1.29, 1.82) is 0 Å². The molecule has 0 unspecified atom stereocenters. The van der Waals surface area contributed by atoms with Crippen molar-refractivity contribution in [2.75, 3.05) is 6.54 Å². The van der Waals surface area contributed by atoms with Crippen molar-refractivity contribution in [1.82, 2.24) is 15.5 Å². The van der Waals surface area contributed by atoms with Gasteiger partial charge in [0.15, 0.2) is 0 Å². The average molecular weight is 457 g/mol. The van der Waals surface area contributed by atoms with Crippen LogP contribution in [-0.2, 0) is 19.2 Å². The summed E-state index contributed by atoms with van der Waals surface area (Å²) in [5.74, 6) is 1.09. The molecule has 172 valence electrons. The van der Waals surface area contributed by atoms with Crippen molar-refractivity contribution in [3.05, 3.63) is 95.5 Å². The molecule has 0 fully saturated rings. The van der Waals surface area contributed by atoms with Crippen LogP contribution in [0.25, 0.3) is 12.2 Å². The molecule has 1 aliphatic rings. The number of benzene rings is 2. The Balaban J connectivity index is 1.23. The monoisotopic (exact) mass is 457 g/mol. The van der Waals surface area contributed by atoms with Gasteiger partial charge in [0.1, 0.15) is 30.5 Å². The molecule has 0 saturated carbocycles. The van der Waals surface area contributed by atoms with E-state index in [1.54, 1.807) is 12.2 Å². The first-order chi connectivity index (χ1) is 16.0. The molecular weight excluding hydrogens is 433 g/mol. The number of ether oxygens (including phenoxy) is 1. The molecule has 0 amide bonds. The first kappa shape index (κ1) is 22.6. The summed E-state index contributed by atoms with van der Waals surface area (Å²) in [6.07, 6.45) is 6.39. The molecule has 0 bridgehead atoms. The Morgan fingerprint density at radius 2 is 1.85 bits per heavy atom. The van der Waals surface area contributed by atoms with Gasteiger partial charge in [0.25, 0.3) is 0 Å². The van der Waals surface area contributed by atoms with Gasteiger partial charge in [-0.15, -0.1) is 0 Å². The van der Waals surface area contributed by atoms with Crippen molar-refractivity contribution in [3.8, 4) is 5.75 Å². The third kappa shape index (κ3) is 6.71. The Kier molecular flexibility index (Phi) is 7.11. The number of aromatic nitrogens is 1. The molecule has 2 aromatic carbocycles. The van der Waals surface area contributed by atoms with Crippen LogP contribution >= 0.6 is 0 Å². The number of hydrazine groups is 1. The first-order valence-corrected chi connectivity index (χ1v) is 10.5. The van der Waals surface area contributed by atoms with E-state index in [0.29, 0.717) is 17.1 Å². The summed E-state index contributed by atoms with van der Waals surface area (Å²) in [5.41, 5.74) is 6.83. The highest BCUT2D eigenvalue weighted by molar-refractivity contribution is 5.66. The molecule has 3 aromatic rings. The maximum absolute atomic E-state index is 12.6. The zero-order valence-corrected chi connectivity index (χ0v) is 17.8. The number of halogens is 3. The summed E-state index contributed by atoms with van der Waals surface area (Å²) in [6, 6.07) is 12.8. The fraction of sp³-hybridized carbons (Fsp3) is 0.208. The van der Waals surface area contributed by atoms with Crippen LogP contribution in [0.5, 0.6) is 5.75 Å². The molecule has 1 aliphatic heterocycles. The number of nitrogens with one attached hydrogen (secondary N) is 1. The van der Waals surface area contributed by atoms with Gasteiger partial charge in [0.05, 0.1) is 11.8 Å². The maximum Gasteiger partial charge on any atom is 0.416 e. The predicted molar refractivity (Wildman–Crippen MR) is 117 cm³/mol. The number of quaternary nitrogens is 1. The van der Waals surface area contributed by atoms with Crippen molar-refractivity contribution in [2.24, 2.45) is 0 Å². The van der Waals surface area contributed by atoms with Crippen molar-refractivity contribution >= 4 is 12.2 Å². The standard InChI is InChI=1S/C24H23F3N4O2/c25-24(26,27)20-8-3-19(4-9-20)7-12-23-29-21(17-33-23)16-32-22-10-5-18(6-11-22)2-1-14-31-15-13-28-30-31/h3-13,15,17,28,30H,1-2,14,16H2/p+1. The van der Waals surface area contributed by atoms with Gasteiger partial charge in [-0.25, -0.2) is 10.4 Å². The highest BCUT2D eigenvalue weighted by Crippen LogP contribution is 2.29. The molecule has 1 aromatic heterocycles. The highest BCUT2D eigenvalue weighted by Gasteiger charge is 2.29. The summed E-state index contributed by atoms with van der Waals surface area (Å²) in [6.45, 7) is 1.19. The molecule has 2 heterocycles. The summed E-state index contributed by atoms with van der Waals surface area (Å²) in [4.78, 5) is 4.32. The smallest absolute Gasteiger partial charge is 0.416 e. The zero-order chi connectivity index (χ0) is 23.1. The second-order valence-electron chi connectivity index (χ2n) is 7.50. The van der Waals surface area contributed by atoms with Gasteiger partial charge in [0, 0.05) is 12.6 Å². The quantitative estimate of drug-likeness (QED) is 0.473. The van der Waals surface area contributed by atoms with Gasteiger partial charge in [-0.1, -0.05) is 29.8 Å². The average Bonchev–Trinajstić information content (AvgIpc) is 3.49. The van der Waals surface area contributed by atoms with E-state index in [-0.39, 0.29) is 6.61 Å². The Hall–Kier alpha value is -3.56. The number of hydrogen-bond donors (Lipinski definition) is 2. The number of oxazole rings is 1. The van der Waals surface area contributed by atoms with E-state index in [9.17, 15) is 13.2 Å². The SMILES string of the molecule is FC(F)(F)c1ccc(C=Cc2nc(COc3ccc(CCCN4C=C[NH2+]N4)cc3)co2)cc1. The van der Waals surface area contributed by atoms with Crippen LogP contribution in [0.4, 0.5) is 13.2 Å². The van der Waals surface area contributed by atoms with Gasteiger partial charge < -0.3 is 9.15 Å². The fourth-order valence-corrected chi connectivity index (χ4v) is 3.25. The topological polar surface area (TPSA) is 67.1 Å². The number of alkyl halides is 3. The lowest BCUT2D eigenvalue weighted by molar-refractivity contribution is -0.661. The van der Waals surface area contributed by atoms with Crippen LogP contribution < -0.4 is 15.7 Å². The Bertz CT molecular complexity index is 1090. The van der Waals surface area contributed by atoms with Crippen molar-refractivity contribution in [3.63, 3.8) is 0 Å². The van der Waals surface area contributed by atoms with Gasteiger partial charge in [-0.05, 0) is 54.3 Å². The normalized spacial score (nSPS) is 13.8. The number of nitrogens with two attached hydrogens (primary N) is 1. The van der Waals surface area contributed by atoms with Crippen LogP contribution in [-0.4, -0.2) is 16.5 Å². The summed E-state index contributed by atoms with van der Waals surface area (Å²) < 4.78 is 49.0. The van der Waals surface area contributed by atoms with E-state index >= 15 is 0 Å². The number of nitrogens with zero attached hydrogens (tertiary/aromatic N) is 2. The highest BCUT2D eigenvalue weighted by atomic mass is 19.4. The lowest BCUT2D eigenvalue weighted by Gasteiger charge is -2.12. The molecule has 0 aliphatic carbocycles. The third-order valence-electron chi connectivity index (χ3n) is 5.00. The second-order valence-corrected chi connectivity index (χ2v) is 7.50. The van der Waals surface area contributed by atoms with Crippen LogP contribution in [0, 0.1) is 0 Å². The van der Waals surface area contributed by atoms with Gasteiger partial charge in [0.2, 0.25) is 5.89 Å². The van der Waals surface area contributed by atoms with E-state index in [4.69, 9.17) is 9.15 Å². The lowest BCUT2D eigenvalue weighted by atomic mass is 10.1. The molecule has 9 heteroatoms. The predicted octanol–water partition coefficient (Wildman–Crippen LogP) is 4.15. The van der Waals surface area contributed by atoms with Crippen LogP contribution in [0.3, 0.4) is 0 Å². The number of rotatable bonds is 9. The van der Waals surface area contributed by atoms with Crippen molar-refractivity contribution < 1.29 is 27.8 Å². The van der Waals surface area contributed by atoms with Crippen LogP contribution in [0.2, 0.25) is 0 Å². The van der Waals surface area contributed by atoms with Gasteiger partial charge >= 0.3 is 6.18 Å². The van der Waals surface area contributed by atoms with E-state index in [2.05, 4.69) is 22.7 Å². The number of aryl methyl sites for hydroxylation is 1. The molecular formula is C24H24F3N4O2+. The van der Waals surface area contributed by atoms with Crippen LogP contribution in [0.1, 0.15) is 34.7 Å². The van der Waals surface area contributed by atoms with E-state index < -0.39 is 11.7 Å².